The first-order valence-electron chi connectivity index (χ1n) is 9.54. The Bertz CT molecular complexity index is 1370. The van der Waals surface area contributed by atoms with Crippen molar-refractivity contribution in [3.05, 3.63) is 102 Å². The largest absolute Gasteiger partial charge is 0.289 e. The highest BCUT2D eigenvalue weighted by atomic mass is 16.1. The summed E-state index contributed by atoms with van der Waals surface area (Å²) < 4.78 is 0. The summed E-state index contributed by atoms with van der Waals surface area (Å²) >= 11 is 0. The Kier molecular flexibility index (Phi) is 3.39. The van der Waals surface area contributed by atoms with Crippen LogP contribution in [0.3, 0.4) is 0 Å². The summed E-state index contributed by atoms with van der Waals surface area (Å²) in [5.74, 6) is 0.0780. The van der Waals surface area contributed by atoms with Gasteiger partial charge in [0.05, 0.1) is 0 Å². The molecule has 3 aromatic carbocycles. The number of ketones is 2. The van der Waals surface area contributed by atoms with Gasteiger partial charge in [0.2, 0.25) is 0 Å². The molecule has 2 aliphatic carbocycles. The van der Waals surface area contributed by atoms with Gasteiger partial charge in [0.15, 0.2) is 11.6 Å². The highest BCUT2D eigenvalue weighted by molar-refractivity contribution is 6.17. The van der Waals surface area contributed by atoms with Crippen molar-refractivity contribution >= 4 is 23.7 Å². The van der Waals surface area contributed by atoms with Crippen molar-refractivity contribution in [2.45, 2.75) is 27.7 Å². The van der Waals surface area contributed by atoms with Crippen LogP contribution in [-0.4, -0.2) is 11.6 Å². The molecule has 2 heteroatoms. The molecule has 0 bridgehead atoms. The van der Waals surface area contributed by atoms with E-state index in [0.717, 1.165) is 43.8 Å². The fourth-order valence-corrected chi connectivity index (χ4v) is 4.51. The zero-order valence-corrected chi connectivity index (χ0v) is 16.4. The summed E-state index contributed by atoms with van der Waals surface area (Å²) in [6.07, 6.45) is 4.09. The molecule has 0 aliphatic heterocycles. The quantitative estimate of drug-likeness (QED) is 0.420. The molecule has 0 heterocycles. The first-order valence-corrected chi connectivity index (χ1v) is 9.54. The van der Waals surface area contributed by atoms with E-state index in [9.17, 15) is 9.59 Å². The molecule has 0 atom stereocenters. The second-order valence-electron chi connectivity index (χ2n) is 7.85. The predicted molar refractivity (Wildman–Crippen MR) is 112 cm³/mol. The number of benzene rings is 3. The Balaban J connectivity index is 1.87. The van der Waals surface area contributed by atoms with E-state index < -0.39 is 0 Å². The molecule has 0 unspecified atom stereocenters. The molecule has 3 aromatic rings. The average Bonchev–Trinajstić information content (AvgIpc) is 2.70. The third-order valence-electron chi connectivity index (χ3n) is 6.49. The monoisotopic (exact) mass is 364 g/mol. The third-order valence-corrected chi connectivity index (χ3v) is 6.49. The maximum Gasteiger partial charge on any atom is 0.194 e. The van der Waals surface area contributed by atoms with Gasteiger partial charge < -0.3 is 0 Å². The molecule has 0 aromatic heterocycles. The topological polar surface area (TPSA) is 34.1 Å². The van der Waals surface area contributed by atoms with E-state index in [1.165, 1.54) is 11.1 Å². The van der Waals surface area contributed by atoms with E-state index >= 15 is 0 Å². The summed E-state index contributed by atoms with van der Waals surface area (Å²) in [6, 6.07) is 11.4. The molecular formula is C26H20O2. The van der Waals surface area contributed by atoms with Crippen molar-refractivity contribution < 1.29 is 9.59 Å². The lowest BCUT2D eigenvalue weighted by atomic mass is 9.80. The van der Waals surface area contributed by atoms with E-state index in [1.54, 1.807) is 0 Å². The van der Waals surface area contributed by atoms with Crippen molar-refractivity contribution in [3.63, 3.8) is 0 Å². The molecule has 0 N–H and O–H groups in total. The van der Waals surface area contributed by atoms with E-state index in [2.05, 4.69) is 26.8 Å². The Hall–Kier alpha value is -3.26. The lowest BCUT2D eigenvalue weighted by molar-refractivity contribution is 0.102. The number of hydrogen-bond acceptors (Lipinski definition) is 2. The molecule has 2 aliphatic rings. The SMILES string of the molecule is Cc1c(C)c(C)c2c(c1C)C=c1cc3c(cc1C2=O)=Cc1ccccc1C3=O. The Morgan fingerprint density at radius 3 is 1.96 bits per heavy atom. The van der Waals surface area contributed by atoms with Crippen LogP contribution in [-0.2, 0) is 0 Å². The molecule has 0 saturated heterocycles. The first kappa shape index (κ1) is 16.9. The molecule has 0 radical (unpaired) electrons. The van der Waals surface area contributed by atoms with Gasteiger partial charge >= 0.3 is 0 Å². The second-order valence-corrected chi connectivity index (χ2v) is 7.85. The number of fused-ring (bicyclic) bond motifs is 4. The average molecular weight is 364 g/mol. The minimum atomic E-state index is 0.0236. The minimum absolute atomic E-state index is 0.0236. The number of carbonyl (C=O) groups is 2. The fraction of sp³-hybridized carbons (Fsp3) is 0.154. The lowest BCUT2D eigenvalue weighted by Crippen LogP contribution is -2.31. The molecule has 2 nitrogen and oxygen atoms in total. The van der Waals surface area contributed by atoms with Gasteiger partial charge in [-0.1, -0.05) is 24.3 Å². The van der Waals surface area contributed by atoms with Gasteiger partial charge in [-0.2, -0.15) is 0 Å². The van der Waals surface area contributed by atoms with Crippen LogP contribution in [0.5, 0.6) is 0 Å². The fourth-order valence-electron chi connectivity index (χ4n) is 4.51. The van der Waals surface area contributed by atoms with E-state index in [-0.39, 0.29) is 11.6 Å². The van der Waals surface area contributed by atoms with Crippen LogP contribution >= 0.6 is 0 Å². The lowest BCUT2D eigenvalue weighted by Gasteiger charge is -2.22. The van der Waals surface area contributed by atoms with E-state index in [1.807, 2.05) is 49.4 Å². The van der Waals surface area contributed by atoms with Crippen LogP contribution in [0, 0.1) is 27.7 Å². The molecule has 0 spiro atoms. The van der Waals surface area contributed by atoms with Gasteiger partial charge in [-0.15, -0.1) is 0 Å². The highest BCUT2D eigenvalue weighted by Gasteiger charge is 2.27. The van der Waals surface area contributed by atoms with E-state index in [4.69, 9.17) is 0 Å². The highest BCUT2D eigenvalue weighted by Crippen LogP contribution is 2.30. The Morgan fingerprint density at radius 1 is 0.607 bits per heavy atom. The normalized spacial score (nSPS) is 13.7. The van der Waals surface area contributed by atoms with Crippen molar-refractivity contribution in [2.24, 2.45) is 0 Å². The van der Waals surface area contributed by atoms with Crippen LogP contribution < -0.4 is 10.4 Å². The number of hydrogen-bond donors (Lipinski definition) is 0. The van der Waals surface area contributed by atoms with Crippen LogP contribution in [0.4, 0.5) is 0 Å². The summed E-state index contributed by atoms with van der Waals surface area (Å²) in [7, 11) is 0. The molecule has 136 valence electrons. The van der Waals surface area contributed by atoms with Crippen LogP contribution in [0.1, 0.15) is 65.2 Å². The maximum absolute atomic E-state index is 13.4. The van der Waals surface area contributed by atoms with Gasteiger partial charge in [0.1, 0.15) is 0 Å². The minimum Gasteiger partial charge on any atom is -0.289 e. The summed E-state index contributed by atoms with van der Waals surface area (Å²) in [4.78, 5) is 26.5. The van der Waals surface area contributed by atoms with Crippen LogP contribution in [0.2, 0.25) is 0 Å². The third kappa shape index (κ3) is 2.09. The van der Waals surface area contributed by atoms with Gasteiger partial charge in [-0.05, 0) is 95.8 Å². The Labute approximate surface area is 163 Å². The first-order chi connectivity index (χ1) is 13.4. The zero-order valence-electron chi connectivity index (χ0n) is 16.4. The van der Waals surface area contributed by atoms with Gasteiger partial charge in [-0.25, -0.2) is 0 Å². The summed E-state index contributed by atoms with van der Waals surface area (Å²) in [5, 5.41) is 1.66. The maximum atomic E-state index is 13.4. The van der Waals surface area contributed by atoms with Gasteiger partial charge in [0, 0.05) is 22.3 Å². The predicted octanol–water partition coefficient (Wildman–Crippen LogP) is 3.67. The molecular weight excluding hydrogens is 344 g/mol. The standard InChI is InChI=1S/C26H20O2/c1-13-14(2)16(4)24-21(15(13)3)10-19-12-22-18(11-23(19)26(24)28)9-17-7-5-6-8-20(17)25(22)27/h5-12H,1-4H3. The molecule has 28 heavy (non-hydrogen) atoms. The van der Waals surface area contributed by atoms with Crippen LogP contribution in [0.25, 0.3) is 12.2 Å². The van der Waals surface area contributed by atoms with Crippen molar-refractivity contribution in [2.75, 3.05) is 0 Å². The molecule has 0 amide bonds. The smallest absolute Gasteiger partial charge is 0.194 e. The Morgan fingerprint density at radius 2 is 1.21 bits per heavy atom. The van der Waals surface area contributed by atoms with Gasteiger partial charge in [-0.3, -0.25) is 9.59 Å². The van der Waals surface area contributed by atoms with E-state index in [0.29, 0.717) is 11.1 Å². The summed E-state index contributed by atoms with van der Waals surface area (Å²) in [6.45, 7) is 8.29. The number of carbonyl (C=O) groups excluding carboxylic acids is 2. The second kappa shape index (κ2) is 5.62. The van der Waals surface area contributed by atoms with Crippen molar-refractivity contribution in [1.82, 2.24) is 0 Å². The van der Waals surface area contributed by atoms with Crippen molar-refractivity contribution in [3.8, 4) is 0 Å². The van der Waals surface area contributed by atoms with Crippen molar-refractivity contribution in [1.29, 1.82) is 0 Å². The number of rotatable bonds is 0. The molecule has 0 saturated carbocycles. The summed E-state index contributed by atoms with van der Waals surface area (Å²) in [5.41, 5.74) is 9.35. The molecule has 5 rings (SSSR count). The van der Waals surface area contributed by atoms with Crippen LogP contribution in [0.15, 0.2) is 36.4 Å². The zero-order chi connectivity index (χ0) is 19.7. The molecule has 0 fully saturated rings. The van der Waals surface area contributed by atoms with Gasteiger partial charge in [0.25, 0.3) is 0 Å².